The number of nitrogens with zero attached hydrogens (tertiary/aromatic N) is 3. The second kappa shape index (κ2) is 9.50. The molecule has 6 heteroatoms. The van der Waals surface area contributed by atoms with E-state index in [1.165, 1.54) is 0 Å². The molecule has 28 heavy (non-hydrogen) atoms. The van der Waals surface area contributed by atoms with Gasteiger partial charge in [-0.1, -0.05) is 36.4 Å². The Labute approximate surface area is 165 Å². The van der Waals surface area contributed by atoms with Crippen molar-refractivity contribution in [1.29, 1.82) is 0 Å². The van der Waals surface area contributed by atoms with Crippen LogP contribution in [0.2, 0.25) is 0 Å². The van der Waals surface area contributed by atoms with Crippen molar-refractivity contribution in [2.75, 3.05) is 25.1 Å². The van der Waals surface area contributed by atoms with Gasteiger partial charge in [-0.25, -0.2) is 9.97 Å². The van der Waals surface area contributed by atoms with Gasteiger partial charge in [-0.3, -0.25) is 4.79 Å². The fourth-order valence-electron chi connectivity index (χ4n) is 2.96. The fraction of sp³-hybridized carbons (Fsp3) is 0.227. The Bertz CT molecular complexity index is 915. The maximum Gasteiger partial charge on any atom is 0.270 e. The zero-order valence-electron chi connectivity index (χ0n) is 16.1. The number of ether oxygens (including phenoxy) is 1. The van der Waals surface area contributed by atoms with Crippen molar-refractivity contribution in [2.45, 2.75) is 13.3 Å². The van der Waals surface area contributed by atoms with E-state index < -0.39 is 0 Å². The molecule has 3 aromatic rings. The highest BCUT2D eigenvalue weighted by Gasteiger charge is 2.14. The van der Waals surface area contributed by atoms with Crippen LogP contribution < -0.4 is 15.0 Å². The summed E-state index contributed by atoms with van der Waals surface area (Å²) in [5, 5.41) is 2.92. The normalized spacial score (nSPS) is 10.4. The highest BCUT2D eigenvalue weighted by Crippen LogP contribution is 2.21. The van der Waals surface area contributed by atoms with Gasteiger partial charge in [0.1, 0.15) is 11.4 Å². The fourth-order valence-corrected chi connectivity index (χ4v) is 2.96. The molecule has 0 saturated heterocycles. The van der Waals surface area contributed by atoms with Crippen LogP contribution in [-0.2, 0) is 6.42 Å². The Morgan fingerprint density at radius 2 is 1.82 bits per heavy atom. The van der Waals surface area contributed by atoms with E-state index in [-0.39, 0.29) is 5.91 Å². The summed E-state index contributed by atoms with van der Waals surface area (Å²) in [6, 6.07) is 19.3. The number of carbonyl (C=O) groups is 1. The van der Waals surface area contributed by atoms with Gasteiger partial charge < -0.3 is 15.0 Å². The molecule has 144 valence electrons. The van der Waals surface area contributed by atoms with E-state index >= 15 is 0 Å². The molecule has 0 aliphatic carbocycles. The number of anilines is 2. The van der Waals surface area contributed by atoms with E-state index in [2.05, 4.69) is 15.3 Å². The van der Waals surface area contributed by atoms with Crippen molar-refractivity contribution in [3.8, 4) is 5.75 Å². The summed E-state index contributed by atoms with van der Waals surface area (Å²) < 4.78 is 5.35. The van der Waals surface area contributed by atoms with Crippen molar-refractivity contribution in [3.05, 3.63) is 78.1 Å². The zero-order chi connectivity index (χ0) is 19.8. The van der Waals surface area contributed by atoms with Gasteiger partial charge in [-0.05, 0) is 43.2 Å². The van der Waals surface area contributed by atoms with Crippen LogP contribution in [0.15, 0.2) is 66.9 Å². The van der Waals surface area contributed by atoms with Crippen LogP contribution in [0.4, 0.5) is 11.6 Å². The first-order valence-corrected chi connectivity index (χ1v) is 9.28. The molecule has 1 N–H and O–H groups in total. The van der Waals surface area contributed by atoms with E-state index in [9.17, 15) is 4.79 Å². The molecule has 0 spiro atoms. The highest BCUT2D eigenvalue weighted by atomic mass is 16.5. The van der Waals surface area contributed by atoms with E-state index in [1.54, 1.807) is 19.4 Å². The number of benzene rings is 2. The second-order valence-electron chi connectivity index (χ2n) is 6.14. The molecule has 1 heterocycles. The molecular weight excluding hydrogens is 352 g/mol. The summed E-state index contributed by atoms with van der Waals surface area (Å²) in [5.41, 5.74) is 2.38. The second-order valence-corrected chi connectivity index (χ2v) is 6.14. The van der Waals surface area contributed by atoms with E-state index in [0.29, 0.717) is 31.2 Å². The molecule has 2 aromatic carbocycles. The van der Waals surface area contributed by atoms with Gasteiger partial charge in [0, 0.05) is 25.0 Å². The number of aromatic nitrogens is 2. The first-order chi connectivity index (χ1) is 13.7. The van der Waals surface area contributed by atoms with Crippen LogP contribution in [-0.4, -0.2) is 36.1 Å². The Morgan fingerprint density at radius 1 is 1.07 bits per heavy atom. The van der Waals surface area contributed by atoms with Crippen LogP contribution in [0, 0.1) is 0 Å². The Hall–Kier alpha value is -3.41. The maximum atomic E-state index is 12.5. The summed E-state index contributed by atoms with van der Waals surface area (Å²) >= 11 is 0. The van der Waals surface area contributed by atoms with Gasteiger partial charge in [-0.15, -0.1) is 0 Å². The summed E-state index contributed by atoms with van der Waals surface area (Å²) in [6.07, 6.45) is 2.29. The third-order valence-corrected chi connectivity index (χ3v) is 4.37. The molecule has 3 rings (SSSR count). The first kappa shape index (κ1) is 19.4. The Kier molecular flexibility index (Phi) is 6.57. The predicted molar refractivity (Wildman–Crippen MR) is 110 cm³/mol. The first-order valence-electron chi connectivity index (χ1n) is 9.28. The lowest BCUT2D eigenvalue weighted by Gasteiger charge is -2.21. The molecule has 6 nitrogen and oxygen atoms in total. The number of rotatable bonds is 8. The van der Waals surface area contributed by atoms with Crippen LogP contribution in [0.5, 0.6) is 5.75 Å². The highest BCUT2D eigenvalue weighted by molar-refractivity contribution is 5.92. The lowest BCUT2D eigenvalue weighted by molar-refractivity contribution is 0.0949. The molecule has 1 aromatic heterocycles. The third kappa shape index (κ3) is 4.65. The average molecular weight is 376 g/mol. The van der Waals surface area contributed by atoms with Crippen LogP contribution in [0.3, 0.4) is 0 Å². The molecule has 0 unspecified atom stereocenters. The van der Waals surface area contributed by atoms with Gasteiger partial charge >= 0.3 is 0 Å². The lowest BCUT2D eigenvalue weighted by Crippen LogP contribution is -2.28. The predicted octanol–water partition coefficient (Wildman–Crippen LogP) is 3.62. The van der Waals surface area contributed by atoms with Gasteiger partial charge in [-0.2, -0.15) is 0 Å². The van der Waals surface area contributed by atoms with E-state index in [4.69, 9.17) is 4.74 Å². The summed E-state index contributed by atoms with van der Waals surface area (Å²) in [4.78, 5) is 23.3. The monoisotopic (exact) mass is 376 g/mol. The molecule has 0 bridgehead atoms. The number of amides is 1. The molecular formula is C22H24N4O2. The smallest absolute Gasteiger partial charge is 0.270 e. The third-order valence-electron chi connectivity index (χ3n) is 4.37. The molecule has 1 amide bonds. The largest absolute Gasteiger partial charge is 0.496 e. The van der Waals surface area contributed by atoms with E-state index in [0.717, 1.165) is 17.0 Å². The van der Waals surface area contributed by atoms with Crippen molar-refractivity contribution in [2.24, 2.45) is 0 Å². The summed E-state index contributed by atoms with van der Waals surface area (Å²) in [7, 11) is 1.64. The number of para-hydroxylation sites is 2. The van der Waals surface area contributed by atoms with Gasteiger partial charge in [0.05, 0.1) is 7.11 Å². The number of hydrogen-bond donors (Lipinski definition) is 1. The average Bonchev–Trinajstić information content (AvgIpc) is 2.75. The van der Waals surface area contributed by atoms with Crippen LogP contribution >= 0.6 is 0 Å². The number of nitrogens with one attached hydrogen (secondary N) is 1. The molecule has 0 radical (unpaired) electrons. The topological polar surface area (TPSA) is 67.4 Å². The van der Waals surface area contributed by atoms with Crippen LogP contribution in [0.25, 0.3) is 0 Å². The standard InChI is InChI=1S/C22H24N4O2/c1-3-26(18-10-5-4-6-11-18)22-24-16-14-19(25-22)21(27)23-15-13-17-9-7-8-12-20(17)28-2/h4-12,14,16H,3,13,15H2,1-2H3,(H,23,27). The van der Waals surface area contributed by atoms with Crippen molar-refractivity contribution < 1.29 is 9.53 Å². The van der Waals surface area contributed by atoms with Gasteiger partial charge in [0.2, 0.25) is 5.95 Å². The van der Waals surface area contributed by atoms with Crippen molar-refractivity contribution in [3.63, 3.8) is 0 Å². The van der Waals surface area contributed by atoms with Gasteiger partial charge in [0.15, 0.2) is 0 Å². The minimum atomic E-state index is -0.220. The van der Waals surface area contributed by atoms with E-state index in [1.807, 2.05) is 66.4 Å². The molecule has 0 fully saturated rings. The Balaban J connectivity index is 1.67. The Morgan fingerprint density at radius 3 is 2.57 bits per heavy atom. The van der Waals surface area contributed by atoms with Gasteiger partial charge in [0.25, 0.3) is 5.91 Å². The number of methoxy groups -OCH3 is 1. The minimum absolute atomic E-state index is 0.220. The SMILES string of the molecule is CCN(c1ccccc1)c1nccc(C(=O)NCCc2ccccc2OC)n1. The number of carbonyl (C=O) groups excluding carboxylic acids is 1. The zero-order valence-corrected chi connectivity index (χ0v) is 16.1. The quantitative estimate of drug-likeness (QED) is 0.650. The number of hydrogen-bond acceptors (Lipinski definition) is 5. The van der Waals surface area contributed by atoms with Crippen molar-refractivity contribution in [1.82, 2.24) is 15.3 Å². The molecule has 0 aliphatic rings. The molecule has 0 aliphatic heterocycles. The van der Waals surface area contributed by atoms with Crippen molar-refractivity contribution >= 4 is 17.5 Å². The summed E-state index contributed by atoms with van der Waals surface area (Å²) in [5.74, 6) is 1.11. The maximum absolute atomic E-state index is 12.5. The van der Waals surface area contributed by atoms with Crippen LogP contribution in [0.1, 0.15) is 23.0 Å². The molecule has 0 atom stereocenters. The minimum Gasteiger partial charge on any atom is -0.496 e. The summed E-state index contributed by atoms with van der Waals surface area (Å²) in [6.45, 7) is 3.22. The molecule has 0 saturated carbocycles. The lowest BCUT2D eigenvalue weighted by atomic mass is 10.1.